The van der Waals surface area contributed by atoms with Gasteiger partial charge in [0.05, 0.1) is 16.6 Å². The molecule has 0 aliphatic rings. The van der Waals surface area contributed by atoms with Crippen LogP contribution >= 0.6 is 0 Å². The second-order valence-corrected chi connectivity index (χ2v) is 4.35. The topological polar surface area (TPSA) is 68.0 Å². The standard InChI is InChI=1S/C13H17N3O2/c1-4-6-10-14-9(5-2)11-8(13(17)18)7-16(3)12(11)15-10/h7H,4-6H2,1-3H3,(H,17,18). The van der Waals surface area contributed by atoms with Gasteiger partial charge in [-0.3, -0.25) is 0 Å². The van der Waals surface area contributed by atoms with Gasteiger partial charge in [0.1, 0.15) is 11.5 Å². The maximum atomic E-state index is 11.2. The first kappa shape index (κ1) is 12.5. The molecule has 2 aromatic rings. The third-order valence-electron chi connectivity index (χ3n) is 2.98. The maximum absolute atomic E-state index is 11.2. The minimum Gasteiger partial charge on any atom is -0.478 e. The van der Waals surface area contributed by atoms with E-state index in [9.17, 15) is 9.90 Å². The van der Waals surface area contributed by atoms with Crippen LogP contribution in [0.4, 0.5) is 0 Å². The van der Waals surface area contributed by atoms with Crippen LogP contribution in [0.1, 0.15) is 42.1 Å². The van der Waals surface area contributed by atoms with Crippen LogP contribution in [0.25, 0.3) is 11.0 Å². The summed E-state index contributed by atoms with van der Waals surface area (Å²) < 4.78 is 1.76. The van der Waals surface area contributed by atoms with E-state index in [4.69, 9.17) is 0 Å². The van der Waals surface area contributed by atoms with Crippen molar-refractivity contribution in [1.82, 2.24) is 14.5 Å². The average molecular weight is 247 g/mol. The fraction of sp³-hybridized carbons (Fsp3) is 0.462. The molecule has 0 bridgehead atoms. The number of aromatic nitrogens is 3. The molecule has 0 unspecified atom stereocenters. The minimum absolute atomic E-state index is 0.285. The van der Waals surface area contributed by atoms with Crippen molar-refractivity contribution in [2.45, 2.75) is 33.1 Å². The van der Waals surface area contributed by atoms with Gasteiger partial charge in [-0.05, 0) is 12.8 Å². The molecular weight excluding hydrogens is 230 g/mol. The largest absolute Gasteiger partial charge is 0.478 e. The van der Waals surface area contributed by atoms with Gasteiger partial charge in [0.15, 0.2) is 0 Å². The van der Waals surface area contributed by atoms with Crippen LogP contribution in [0.3, 0.4) is 0 Å². The Morgan fingerprint density at radius 1 is 1.39 bits per heavy atom. The Bertz CT molecular complexity index is 602. The van der Waals surface area contributed by atoms with Gasteiger partial charge in [-0.15, -0.1) is 0 Å². The molecule has 1 N–H and O–H groups in total. The number of aryl methyl sites for hydroxylation is 3. The van der Waals surface area contributed by atoms with Crippen LogP contribution in [0.5, 0.6) is 0 Å². The van der Waals surface area contributed by atoms with E-state index < -0.39 is 5.97 Å². The highest BCUT2D eigenvalue weighted by Gasteiger charge is 2.18. The summed E-state index contributed by atoms with van der Waals surface area (Å²) in [6.07, 6.45) is 4.11. The van der Waals surface area contributed by atoms with Crippen LogP contribution in [0, 0.1) is 0 Å². The van der Waals surface area contributed by atoms with Crippen molar-refractivity contribution in [2.24, 2.45) is 7.05 Å². The molecule has 0 spiro atoms. The maximum Gasteiger partial charge on any atom is 0.338 e. The molecule has 18 heavy (non-hydrogen) atoms. The number of carboxylic acid groups (broad SMARTS) is 1. The summed E-state index contributed by atoms with van der Waals surface area (Å²) in [5.74, 6) is -0.137. The third kappa shape index (κ3) is 1.96. The van der Waals surface area contributed by atoms with Crippen LogP contribution in [-0.2, 0) is 19.9 Å². The monoisotopic (exact) mass is 247 g/mol. The van der Waals surface area contributed by atoms with Gasteiger partial charge in [0.25, 0.3) is 0 Å². The number of rotatable bonds is 4. The van der Waals surface area contributed by atoms with Crippen molar-refractivity contribution < 1.29 is 9.90 Å². The molecule has 0 aliphatic carbocycles. The van der Waals surface area contributed by atoms with Crippen LogP contribution in [0.15, 0.2) is 6.20 Å². The van der Waals surface area contributed by atoms with Gasteiger partial charge in [-0.1, -0.05) is 13.8 Å². The smallest absolute Gasteiger partial charge is 0.338 e. The molecule has 5 heteroatoms. The Morgan fingerprint density at radius 2 is 2.11 bits per heavy atom. The summed E-state index contributed by atoms with van der Waals surface area (Å²) >= 11 is 0. The van der Waals surface area contributed by atoms with Gasteiger partial charge < -0.3 is 9.67 Å². The molecule has 0 saturated heterocycles. The Balaban J connectivity index is 2.76. The summed E-state index contributed by atoms with van der Waals surface area (Å²) in [7, 11) is 1.82. The van der Waals surface area contributed by atoms with Crippen LogP contribution in [0.2, 0.25) is 0 Å². The first-order valence-electron chi connectivity index (χ1n) is 6.16. The van der Waals surface area contributed by atoms with Crippen LogP contribution in [-0.4, -0.2) is 25.6 Å². The fourth-order valence-electron chi connectivity index (χ4n) is 2.15. The molecule has 5 nitrogen and oxygen atoms in total. The average Bonchev–Trinajstić information content (AvgIpc) is 2.67. The Kier molecular flexibility index (Phi) is 3.32. The van der Waals surface area contributed by atoms with Crippen molar-refractivity contribution in [1.29, 1.82) is 0 Å². The van der Waals surface area contributed by atoms with E-state index in [-0.39, 0.29) is 5.56 Å². The van der Waals surface area contributed by atoms with Gasteiger partial charge in [-0.25, -0.2) is 14.8 Å². The predicted molar refractivity (Wildman–Crippen MR) is 68.8 cm³/mol. The molecule has 0 saturated carbocycles. The molecular formula is C13H17N3O2. The fourth-order valence-corrected chi connectivity index (χ4v) is 2.15. The number of carbonyl (C=O) groups is 1. The molecule has 0 atom stereocenters. The number of hydrogen-bond acceptors (Lipinski definition) is 3. The van der Waals surface area contributed by atoms with Crippen molar-refractivity contribution >= 4 is 17.0 Å². The highest BCUT2D eigenvalue weighted by atomic mass is 16.4. The first-order valence-corrected chi connectivity index (χ1v) is 6.16. The zero-order valence-electron chi connectivity index (χ0n) is 10.9. The number of nitrogens with zero attached hydrogens (tertiary/aromatic N) is 3. The van der Waals surface area contributed by atoms with E-state index in [2.05, 4.69) is 16.9 Å². The van der Waals surface area contributed by atoms with E-state index in [0.29, 0.717) is 17.5 Å². The molecule has 96 valence electrons. The van der Waals surface area contributed by atoms with Gasteiger partial charge in [-0.2, -0.15) is 0 Å². The second kappa shape index (κ2) is 4.76. The van der Waals surface area contributed by atoms with Crippen molar-refractivity contribution in [2.75, 3.05) is 0 Å². The molecule has 0 aliphatic heterocycles. The van der Waals surface area contributed by atoms with Gasteiger partial charge >= 0.3 is 5.97 Å². The lowest BCUT2D eigenvalue weighted by molar-refractivity contribution is 0.0698. The summed E-state index contributed by atoms with van der Waals surface area (Å²) in [4.78, 5) is 20.2. The molecule has 2 heterocycles. The molecule has 2 rings (SSSR count). The lowest BCUT2D eigenvalue weighted by atomic mass is 10.1. The zero-order chi connectivity index (χ0) is 13.3. The van der Waals surface area contributed by atoms with Crippen molar-refractivity contribution in [3.8, 4) is 0 Å². The molecule has 0 fully saturated rings. The summed E-state index contributed by atoms with van der Waals surface area (Å²) in [5.41, 5.74) is 1.82. The normalized spacial score (nSPS) is 11.1. The Labute approximate surface area is 105 Å². The molecule has 0 aromatic carbocycles. The van der Waals surface area contributed by atoms with Crippen molar-refractivity contribution in [3.63, 3.8) is 0 Å². The molecule has 0 amide bonds. The first-order chi connectivity index (χ1) is 8.58. The highest BCUT2D eigenvalue weighted by Crippen LogP contribution is 2.23. The third-order valence-corrected chi connectivity index (χ3v) is 2.98. The van der Waals surface area contributed by atoms with E-state index in [1.807, 2.05) is 14.0 Å². The minimum atomic E-state index is -0.929. The number of hydrogen-bond donors (Lipinski definition) is 1. The zero-order valence-corrected chi connectivity index (χ0v) is 10.9. The summed E-state index contributed by atoms with van der Waals surface area (Å²) in [5, 5.41) is 9.89. The predicted octanol–water partition coefficient (Wildman–Crippen LogP) is 2.18. The number of aromatic carboxylic acids is 1. The Hall–Kier alpha value is -1.91. The Morgan fingerprint density at radius 3 is 2.67 bits per heavy atom. The highest BCUT2D eigenvalue weighted by molar-refractivity contribution is 6.03. The number of fused-ring (bicyclic) bond motifs is 1. The summed E-state index contributed by atoms with van der Waals surface area (Å²) in [6, 6.07) is 0. The lowest BCUT2D eigenvalue weighted by Gasteiger charge is -2.05. The summed E-state index contributed by atoms with van der Waals surface area (Å²) in [6.45, 7) is 4.06. The molecule has 0 radical (unpaired) electrons. The second-order valence-electron chi connectivity index (χ2n) is 4.35. The SMILES string of the molecule is CCCc1nc(CC)c2c(C(=O)O)cn(C)c2n1. The lowest BCUT2D eigenvalue weighted by Crippen LogP contribution is -2.03. The van der Waals surface area contributed by atoms with E-state index in [1.165, 1.54) is 0 Å². The van der Waals surface area contributed by atoms with Crippen molar-refractivity contribution in [3.05, 3.63) is 23.3 Å². The molecule has 2 aromatic heterocycles. The van der Waals surface area contributed by atoms with Gasteiger partial charge in [0, 0.05) is 19.7 Å². The number of carboxylic acids is 1. The van der Waals surface area contributed by atoms with E-state index in [1.54, 1.807) is 10.8 Å². The quantitative estimate of drug-likeness (QED) is 0.899. The van der Waals surface area contributed by atoms with E-state index >= 15 is 0 Å². The van der Waals surface area contributed by atoms with E-state index in [0.717, 1.165) is 24.4 Å². The van der Waals surface area contributed by atoms with Crippen LogP contribution < -0.4 is 0 Å². The van der Waals surface area contributed by atoms with Gasteiger partial charge in [0.2, 0.25) is 0 Å².